The number of aliphatic hydroxyl groups excluding tert-OH is 1. The molecule has 2 aromatic rings. The average molecular weight is 539 g/mol. The summed E-state index contributed by atoms with van der Waals surface area (Å²) in [6.45, 7) is 2.99. The highest BCUT2D eigenvalue weighted by molar-refractivity contribution is 7.92. The van der Waals surface area contributed by atoms with E-state index >= 15 is 0 Å². The van der Waals surface area contributed by atoms with E-state index in [-0.39, 0.29) is 31.9 Å². The molecule has 0 spiro atoms. The van der Waals surface area contributed by atoms with Crippen LogP contribution in [0.5, 0.6) is 0 Å². The molecule has 0 radical (unpaired) electrons. The molecular weight excluding hydrogens is 506 g/mol. The number of piperidine rings is 2. The number of carbonyl (C=O) groups is 1. The van der Waals surface area contributed by atoms with Crippen LogP contribution in [0.15, 0.2) is 24.3 Å². The van der Waals surface area contributed by atoms with E-state index in [0.29, 0.717) is 28.5 Å². The van der Waals surface area contributed by atoms with Crippen molar-refractivity contribution >= 4 is 39.1 Å². The van der Waals surface area contributed by atoms with Crippen molar-refractivity contribution in [1.82, 2.24) is 9.97 Å². The average Bonchev–Trinajstić information content (AvgIpc) is 2.83. The highest BCUT2D eigenvalue weighted by Gasteiger charge is 2.34. The summed E-state index contributed by atoms with van der Waals surface area (Å²) in [6.07, 6.45) is 2.45. The van der Waals surface area contributed by atoms with E-state index in [0.717, 1.165) is 32.4 Å². The maximum atomic E-state index is 13.6. The van der Waals surface area contributed by atoms with Crippen molar-refractivity contribution in [3.8, 4) is 0 Å². The molecular formula is C24H32F2N6O4S. The lowest BCUT2D eigenvalue weighted by atomic mass is 10.1. The second-order valence-corrected chi connectivity index (χ2v) is 11.3. The lowest BCUT2D eigenvalue weighted by Gasteiger charge is -2.32. The summed E-state index contributed by atoms with van der Waals surface area (Å²) in [5, 5.41) is 11.7. The van der Waals surface area contributed by atoms with Crippen molar-refractivity contribution in [1.29, 1.82) is 0 Å². The van der Waals surface area contributed by atoms with Crippen molar-refractivity contribution in [2.75, 3.05) is 58.4 Å². The SMILES string of the molecule is Cc1cc(N2CCC(F)(F)CC2)nc(NC(=O)c2ccc(NS(=O)(=O)CCO)cc2N2CCCCC2)n1. The summed E-state index contributed by atoms with van der Waals surface area (Å²) in [5.41, 5.74) is 1.79. The van der Waals surface area contributed by atoms with E-state index in [9.17, 15) is 22.0 Å². The Labute approximate surface area is 215 Å². The first-order chi connectivity index (χ1) is 17.5. The van der Waals surface area contributed by atoms with Gasteiger partial charge in [0.25, 0.3) is 11.8 Å². The van der Waals surface area contributed by atoms with Gasteiger partial charge in [0.15, 0.2) is 0 Å². The quantitative estimate of drug-likeness (QED) is 0.468. The third kappa shape index (κ3) is 7.04. The van der Waals surface area contributed by atoms with Crippen LogP contribution in [0.4, 0.5) is 31.9 Å². The number of nitrogens with zero attached hydrogens (tertiary/aromatic N) is 4. The Kier molecular flexibility index (Phi) is 8.12. The molecule has 1 aromatic carbocycles. The first-order valence-electron chi connectivity index (χ1n) is 12.4. The minimum absolute atomic E-state index is 0.0645. The fourth-order valence-corrected chi connectivity index (χ4v) is 5.36. The van der Waals surface area contributed by atoms with Gasteiger partial charge in [0.05, 0.1) is 29.3 Å². The van der Waals surface area contributed by atoms with Crippen LogP contribution in [-0.2, 0) is 10.0 Å². The van der Waals surface area contributed by atoms with Gasteiger partial charge in [-0.1, -0.05) is 0 Å². The third-order valence-electron chi connectivity index (χ3n) is 6.46. The molecule has 4 rings (SSSR count). The molecule has 2 fully saturated rings. The van der Waals surface area contributed by atoms with Gasteiger partial charge in [0, 0.05) is 50.8 Å². The lowest BCUT2D eigenvalue weighted by Crippen LogP contribution is -2.40. The Balaban J connectivity index is 1.58. The Hall–Kier alpha value is -3.06. The van der Waals surface area contributed by atoms with E-state index in [1.54, 1.807) is 30.0 Å². The summed E-state index contributed by atoms with van der Waals surface area (Å²) in [6, 6.07) is 6.35. The number of benzene rings is 1. The Morgan fingerprint density at radius 1 is 1.05 bits per heavy atom. The fourth-order valence-electron chi connectivity index (χ4n) is 4.54. The number of nitrogens with one attached hydrogen (secondary N) is 2. The smallest absolute Gasteiger partial charge is 0.260 e. The molecule has 202 valence electrons. The molecule has 3 N–H and O–H groups in total. The van der Waals surface area contributed by atoms with Gasteiger partial charge in [-0.15, -0.1) is 0 Å². The minimum atomic E-state index is -3.73. The second-order valence-electron chi connectivity index (χ2n) is 9.41. The molecule has 1 aromatic heterocycles. The first-order valence-corrected chi connectivity index (χ1v) is 14.0. The van der Waals surface area contributed by atoms with Gasteiger partial charge in [0.2, 0.25) is 16.0 Å². The number of sulfonamides is 1. The highest BCUT2D eigenvalue weighted by Crippen LogP contribution is 2.31. The zero-order valence-electron chi connectivity index (χ0n) is 20.7. The number of carbonyl (C=O) groups excluding carboxylic acids is 1. The number of amides is 1. The maximum Gasteiger partial charge on any atom is 0.260 e. The number of alkyl halides is 2. The van der Waals surface area contributed by atoms with E-state index in [1.165, 1.54) is 6.07 Å². The Bertz CT molecular complexity index is 1230. The molecule has 2 aliphatic heterocycles. The molecule has 2 aliphatic rings. The number of aliphatic hydroxyl groups is 1. The van der Waals surface area contributed by atoms with Gasteiger partial charge in [-0.25, -0.2) is 22.2 Å². The summed E-state index contributed by atoms with van der Waals surface area (Å²) < 4.78 is 53.9. The molecule has 13 heteroatoms. The number of aryl methyl sites for hydroxylation is 1. The van der Waals surface area contributed by atoms with E-state index in [4.69, 9.17) is 5.11 Å². The normalized spacial score (nSPS) is 17.9. The molecule has 0 bridgehead atoms. The van der Waals surface area contributed by atoms with Crippen molar-refractivity contribution in [3.05, 3.63) is 35.5 Å². The van der Waals surface area contributed by atoms with Crippen LogP contribution in [0.3, 0.4) is 0 Å². The van der Waals surface area contributed by atoms with Crippen molar-refractivity contribution < 1.29 is 27.1 Å². The molecule has 0 atom stereocenters. The van der Waals surface area contributed by atoms with Gasteiger partial charge in [-0.3, -0.25) is 14.8 Å². The van der Waals surface area contributed by atoms with Crippen molar-refractivity contribution in [3.63, 3.8) is 0 Å². The number of halogens is 2. The monoisotopic (exact) mass is 538 g/mol. The summed E-state index contributed by atoms with van der Waals surface area (Å²) in [5.74, 6) is -3.04. The second kappa shape index (κ2) is 11.1. The molecule has 1 amide bonds. The number of hydrogen-bond donors (Lipinski definition) is 3. The van der Waals surface area contributed by atoms with Gasteiger partial charge in [-0.2, -0.15) is 4.98 Å². The summed E-state index contributed by atoms with van der Waals surface area (Å²) in [4.78, 5) is 25.9. The fraction of sp³-hybridized carbons (Fsp3) is 0.542. The highest BCUT2D eigenvalue weighted by atomic mass is 32.2. The predicted molar refractivity (Wildman–Crippen MR) is 138 cm³/mol. The molecule has 0 unspecified atom stereocenters. The first kappa shape index (κ1) is 27.0. The van der Waals surface area contributed by atoms with Gasteiger partial charge in [0.1, 0.15) is 5.82 Å². The minimum Gasteiger partial charge on any atom is -0.395 e. The van der Waals surface area contributed by atoms with Gasteiger partial charge in [-0.05, 0) is 44.4 Å². The summed E-state index contributed by atoms with van der Waals surface area (Å²) >= 11 is 0. The number of hydrogen-bond acceptors (Lipinski definition) is 8. The topological polar surface area (TPSA) is 128 Å². The summed E-state index contributed by atoms with van der Waals surface area (Å²) in [7, 11) is -3.73. The number of aromatic nitrogens is 2. The van der Waals surface area contributed by atoms with Gasteiger partial charge < -0.3 is 14.9 Å². The Morgan fingerprint density at radius 3 is 2.43 bits per heavy atom. The Morgan fingerprint density at radius 2 is 1.76 bits per heavy atom. The van der Waals surface area contributed by atoms with Crippen LogP contribution in [0.1, 0.15) is 48.2 Å². The third-order valence-corrected chi connectivity index (χ3v) is 7.72. The zero-order chi connectivity index (χ0) is 26.6. The molecule has 0 saturated carbocycles. The van der Waals surface area contributed by atoms with Crippen LogP contribution in [0, 0.1) is 6.92 Å². The van der Waals surface area contributed by atoms with Crippen LogP contribution < -0.4 is 19.8 Å². The molecule has 0 aliphatic carbocycles. The van der Waals surface area contributed by atoms with E-state index in [1.807, 2.05) is 4.90 Å². The number of anilines is 4. The van der Waals surface area contributed by atoms with Gasteiger partial charge >= 0.3 is 0 Å². The largest absolute Gasteiger partial charge is 0.395 e. The van der Waals surface area contributed by atoms with E-state index in [2.05, 4.69) is 20.0 Å². The molecule has 3 heterocycles. The van der Waals surface area contributed by atoms with Crippen LogP contribution in [0.2, 0.25) is 0 Å². The maximum absolute atomic E-state index is 13.6. The van der Waals surface area contributed by atoms with Crippen LogP contribution in [-0.4, -0.2) is 73.9 Å². The molecule has 10 nitrogen and oxygen atoms in total. The predicted octanol–water partition coefficient (Wildman–Crippen LogP) is 3.00. The van der Waals surface area contributed by atoms with Crippen LogP contribution in [0.25, 0.3) is 0 Å². The van der Waals surface area contributed by atoms with Crippen molar-refractivity contribution in [2.24, 2.45) is 0 Å². The van der Waals surface area contributed by atoms with Crippen LogP contribution >= 0.6 is 0 Å². The molecule has 2 saturated heterocycles. The molecule has 37 heavy (non-hydrogen) atoms. The van der Waals surface area contributed by atoms with Crippen molar-refractivity contribution in [2.45, 2.75) is 45.0 Å². The van der Waals surface area contributed by atoms with E-state index < -0.39 is 34.2 Å². The standard InChI is InChI=1S/C24H32F2N6O4S/c1-17-15-21(32-11-7-24(25,26)8-12-32)28-23(27-17)29-22(34)19-6-5-18(30-37(35,36)14-13-33)16-20(19)31-9-3-2-4-10-31/h5-6,15-16,30,33H,2-4,7-14H2,1H3,(H,27,28,29,34). The number of rotatable bonds is 8. The lowest BCUT2D eigenvalue weighted by molar-refractivity contribution is -0.0221. The zero-order valence-corrected chi connectivity index (χ0v) is 21.5.